The molecule has 1 saturated carbocycles. The number of pyridine rings is 1. The van der Waals surface area contributed by atoms with E-state index in [0.29, 0.717) is 24.7 Å². The number of fused-ring (bicyclic) bond motifs is 1. The molecule has 1 saturated heterocycles. The molecule has 0 amide bonds. The van der Waals surface area contributed by atoms with Gasteiger partial charge in [-0.05, 0) is 31.9 Å². The highest BCUT2D eigenvalue weighted by molar-refractivity contribution is 7.92. The molecule has 2 atom stereocenters. The first-order valence-electron chi connectivity index (χ1n) is 10.2. The van der Waals surface area contributed by atoms with Crippen LogP contribution in [0.5, 0.6) is 0 Å². The van der Waals surface area contributed by atoms with E-state index in [-0.39, 0.29) is 6.04 Å². The van der Waals surface area contributed by atoms with Crippen LogP contribution < -0.4 is 4.90 Å². The highest BCUT2D eigenvalue weighted by Crippen LogP contribution is 2.52. The van der Waals surface area contributed by atoms with E-state index in [2.05, 4.69) is 16.8 Å². The fraction of sp³-hybridized carbons (Fsp3) is 0.476. The van der Waals surface area contributed by atoms with E-state index in [9.17, 15) is 4.21 Å². The molecule has 158 valence electrons. The molecule has 2 fully saturated rings. The zero-order valence-electron chi connectivity index (χ0n) is 17.5. The lowest BCUT2D eigenvalue weighted by Gasteiger charge is -2.35. The minimum absolute atomic E-state index is 0.181. The van der Waals surface area contributed by atoms with Crippen LogP contribution in [0.25, 0.3) is 22.4 Å². The number of hydrogen-bond donors (Lipinski definition) is 1. The molecular formula is C21H26N6O2S. The molecule has 2 aliphatic rings. The predicted octanol–water partition coefficient (Wildman–Crippen LogP) is 2.92. The summed E-state index contributed by atoms with van der Waals surface area (Å²) < 4.78 is 28.1. The lowest BCUT2D eigenvalue weighted by molar-refractivity contribution is 0.0985. The second kappa shape index (κ2) is 6.75. The van der Waals surface area contributed by atoms with Crippen LogP contribution >= 0.6 is 0 Å². The Morgan fingerprint density at radius 3 is 2.80 bits per heavy atom. The van der Waals surface area contributed by atoms with Crippen molar-refractivity contribution in [3.63, 3.8) is 0 Å². The van der Waals surface area contributed by atoms with Gasteiger partial charge in [-0.3, -0.25) is 4.78 Å². The molecule has 0 radical (unpaired) electrons. The van der Waals surface area contributed by atoms with Crippen molar-refractivity contribution >= 4 is 26.6 Å². The monoisotopic (exact) mass is 426 g/mol. The van der Waals surface area contributed by atoms with Gasteiger partial charge >= 0.3 is 0 Å². The van der Waals surface area contributed by atoms with Crippen molar-refractivity contribution in [3.05, 3.63) is 36.3 Å². The highest BCUT2D eigenvalue weighted by Gasteiger charge is 2.53. The van der Waals surface area contributed by atoms with Crippen molar-refractivity contribution in [2.45, 2.75) is 30.6 Å². The van der Waals surface area contributed by atoms with Gasteiger partial charge in [0.25, 0.3) is 0 Å². The van der Waals surface area contributed by atoms with Gasteiger partial charge in [0, 0.05) is 49.3 Å². The molecule has 0 spiro atoms. The number of nitrogens with one attached hydrogen (secondary N) is 1. The zero-order valence-corrected chi connectivity index (χ0v) is 18.3. The van der Waals surface area contributed by atoms with Gasteiger partial charge in [-0.1, -0.05) is 0 Å². The molecule has 1 aliphatic carbocycles. The van der Waals surface area contributed by atoms with Gasteiger partial charge in [0.05, 0.1) is 39.4 Å². The van der Waals surface area contributed by atoms with E-state index in [1.54, 1.807) is 6.20 Å². The quantitative estimate of drug-likeness (QED) is 0.689. The Morgan fingerprint density at radius 1 is 1.30 bits per heavy atom. The summed E-state index contributed by atoms with van der Waals surface area (Å²) >= 11 is 0. The minimum Gasteiger partial charge on any atom is -0.377 e. The number of morpholine rings is 1. The second-order valence-electron chi connectivity index (χ2n) is 8.41. The van der Waals surface area contributed by atoms with Crippen molar-refractivity contribution in [3.8, 4) is 11.4 Å². The molecule has 30 heavy (non-hydrogen) atoms. The fourth-order valence-electron chi connectivity index (χ4n) is 4.32. The van der Waals surface area contributed by atoms with Crippen LogP contribution in [0.4, 0.5) is 5.82 Å². The molecule has 0 bridgehead atoms. The Labute approximate surface area is 176 Å². The Bertz CT molecular complexity index is 1230. The lowest BCUT2D eigenvalue weighted by Crippen LogP contribution is -2.44. The van der Waals surface area contributed by atoms with Crippen LogP contribution in [0.15, 0.2) is 30.6 Å². The zero-order chi connectivity index (χ0) is 21.1. The number of hydrogen-bond acceptors (Lipinski definition) is 7. The smallest absolute Gasteiger partial charge is 0.162 e. The Morgan fingerprint density at radius 2 is 2.10 bits per heavy atom. The van der Waals surface area contributed by atoms with E-state index in [1.165, 1.54) is 6.26 Å². The lowest BCUT2D eigenvalue weighted by atomic mass is 10.1. The molecular weight excluding hydrogens is 400 g/mol. The highest BCUT2D eigenvalue weighted by atomic mass is 32.2. The van der Waals surface area contributed by atoms with E-state index < -0.39 is 14.5 Å². The standard InChI is InChI=1S/C21H26N6O2S/c1-14-13-29-11-10-27(14)18-12-17(21(6-7-21)30(3,22)28)24-19(25-18)15-4-8-23-20-16(15)5-9-26(20)2/h4-5,8-9,12,14,22H,6-7,10-11,13H2,1-3H3/t14-,30-/m1/s1. The summed E-state index contributed by atoms with van der Waals surface area (Å²) in [4.78, 5) is 16.5. The Balaban J connectivity index is 1.73. The average molecular weight is 427 g/mol. The topological polar surface area (TPSA) is 97.0 Å². The van der Waals surface area contributed by atoms with E-state index >= 15 is 0 Å². The summed E-state index contributed by atoms with van der Waals surface area (Å²) in [6, 6.07) is 6.07. The molecule has 8 nitrogen and oxygen atoms in total. The molecule has 3 aromatic heterocycles. The first-order valence-corrected chi connectivity index (χ1v) is 12.1. The first-order chi connectivity index (χ1) is 14.3. The number of anilines is 1. The normalized spacial score (nSPS) is 22.8. The van der Waals surface area contributed by atoms with Crippen molar-refractivity contribution in [2.75, 3.05) is 30.9 Å². The van der Waals surface area contributed by atoms with Crippen molar-refractivity contribution in [1.82, 2.24) is 19.5 Å². The maximum Gasteiger partial charge on any atom is 0.162 e. The maximum absolute atomic E-state index is 12.8. The van der Waals surface area contributed by atoms with Crippen molar-refractivity contribution in [1.29, 1.82) is 4.78 Å². The van der Waals surface area contributed by atoms with Crippen molar-refractivity contribution in [2.24, 2.45) is 7.05 Å². The third-order valence-corrected chi connectivity index (χ3v) is 8.41. The van der Waals surface area contributed by atoms with Crippen LogP contribution in [0.3, 0.4) is 0 Å². The molecule has 3 aromatic rings. The SMILES string of the molecule is C[C@@H]1COCCN1c1cc(C2([S@](C)(=N)=O)CC2)nc(-c2ccnc3c2ccn3C)n1. The summed E-state index contributed by atoms with van der Waals surface area (Å²) in [5, 5.41) is 0.978. The number of aryl methyl sites for hydroxylation is 1. The van der Waals surface area contributed by atoms with E-state index in [0.717, 1.165) is 41.8 Å². The van der Waals surface area contributed by atoms with E-state index in [4.69, 9.17) is 19.5 Å². The fourth-order valence-corrected chi connectivity index (χ4v) is 5.71. The third-order valence-electron chi connectivity index (χ3n) is 6.30. The molecule has 0 aromatic carbocycles. The van der Waals surface area contributed by atoms with Gasteiger partial charge in [0.2, 0.25) is 0 Å². The number of nitrogens with zero attached hydrogens (tertiary/aromatic N) is 5. The van der Waals surface area contributed by atoms with Gasteiger partial charge in [-0.15, -0.1) is 0 Å². The first kappa shape index (κ1) is 19.4. The van der Waals surface area contributed by atoms with Crippen molar-refractivity contribution < 1.29 is 8.95 Å². The summed E-state index contributed by atoms with van der Waals surface area (Å²) in [5.74, 6) is 1.40. The van der Waals surface area contributed by atoms with Crippen LogP contribution in [-0.4, -0.2) is 55.8 Å². The largest absolute Gasteiger partial charge is 0.377 e. The molecule has 0 unspecified atom stereocenters. The third kappa shape index (κ3) is 2.99. The Kier molecular flexibility index (Phi) is 4.37. The van der Waals surface area contributed by atoms with Gasteiger partial charge in [0.1, 0.15) is 11.5 Å². The van der Waals surface area contributed by atoms with Crippen LogP contribution in [0, 0.1) is 4.78 Å². The van der Waals surface area contributed by atoms with Gasteiger partial charge in [-0.25, -0.2) is 19.2 Å². The van der Waals surface area contributed by atoms with Crippen LogP contribution in [0.1, 0.15) is 25.5 Å². The van der Waals surface area contributed by atoms with Gasteiger partial charge < -0.3 is 14.2 Å². The molecule has 1 N–H and O–H groups in total. The summed E-state index contributed by atoms with van der Waals surface area (Å²) in [6.07, 6.45) is 6.71. The van der Waals surface area contributed by atoms with Gasteiger partial charge in [0.15, 0.2) is 5.82 Å². The van der Waals surface area contributed by atoms with Crippen LogP contribution in [-0.2, 0) is 26.3 Å². The van der Waals surface area contributed by atoms with Gasteiger partial charge in [-0.2, -0.15) is 0 Å². The number of aromatic nitrogens is 4. The molecule has 4 heterocycles. The summed E-state index contributed by atoms with van der Waals surface area (Å²) in [6.45, 7) is 4.14. The molecule has 9 heteroatoms. The molecule has 5 rings (SSSR count). The second-order valence-corrected chi connectivity index (χ2v) is 10.9. The predicted molar refractivity (Wildman–Crippen MR) is 117 cm³/mol. The van der Waals surface area contributed by atoms with E-state index in [1.807, 2.05) is 36.0 Å². The van der Waals surface area contributed by atoms with Crippen LogP contribution in [0.2, 0.25) is 0 Å². The maximum atomic E-state index is 12.8. The average Bonchev–Trinajstić information content (AvgIpc) is 3.47. The minimum atomic E-state index is -2.79. The molecule has 1 aliphatic heterocycles. The summed E-state index contributed by atoms with van der Waals surface area (Å²) in [5.41, 5.74) is 2.47. The summed E-state index contributed by atoms with van der Waals surface area (Å²) in [7, 11) is -0.832. The number of rotatable bonds is 4. The number of ether oxygens (including phenoxy) is 1. The Hall–Kier alpha value is -2.52.